The smallest absolute Gasteiger partial charge is 0.235 e. The summed E-state index contributed by atoms with van der Waals surface area (Å²) in [4.78, 5) is 14.5. The van der Waals surface area contributed by atoms with E-state index < -0.39 is 0 Å². The van der Waals surface area contributed by atoms with Gasteiger partial charge in [0.15, 0.2) is 0 Å². The van der Waals surface area contributed by atoms with E-state index in [4.69, 9.17) is 4.74 Å². The van der Waals surface area contributed by atoms with Gasteiger partial charge < -0.3 is 4.74 Å². The van der Waals surface area contributed by atoms with Gasteiger partial charge in [-0.3, -0.25) is 0 Å². The zero-order valence-corrected chi connectivity index (χ0v) is 12.3. The van der Waals surface area contributed by atoms with Crippen LogP contribution in [0, 0.1) is 5.92 Å². The predicted molar refractivity (Wildman–Crippen MR) is 76.0 cm³/mol. The third-order valence-electron chi connectivity index (χ3n) is 4.10. The first kappa shape index (κ1) is 12.9. The summed E-state index contributed by atoms with van der Waals surface area (Å²) in [6, 6.07) is 6.00. The van der Waals surface area contributed by atoms with Crippen molar-refractivity contribution < 1.29 is 9.53 Å². The van der Waals surface area contributed by atoms with E-state index in [1.807, 2.05) is 18.2 Å². The monoisotopic (exact) mass is 321 g/mol. The molecule has 0 bridgehead atoms. The fourth-order valence-electron chi connectivity index (χ4n) is 2.46. The Bertz CT molecular complexity index is 529. The second-order valence-electron chi connectivity index (χ2n) is 5.52. The molecule has 1 aromatic carbocycles. The molecule has 3 rings (SSSR count). The minimum atomic E-state index is -0.333. The van der Waals surface area contributed by atoms with Gasteiger partial charge >= 0.3 is 0 Å². The average molecular weight is 322 g/mol. The van der Waals surface area contributed by atoms with Gasteiger partial charge in [-0.15, -0.1) is 0 Å². The van der Waals surface area contributed by atoms with Crippen LogP contribution in [-0.2, 0) is 10.3 Å². The third kappa shape index (κ3) is 2.75. The lowest BCUT2D eigenvalue weighted by molar-refractivity contribution is 0.180. The van der Waals surface area contributed by atoms with Crippen LogP contribution in [0.4, 0.5) is 0 Å². The van der Waals surface area contributed by atoms with Crippen molar-refractivity contribution >= 4 is 22.0 Å². The maximum absolute atomic E-state index is 10.5. The molecule has 0 spiro atoms. The van der Waals surface area contributed by atoms with Gasteiger partial charge in [0.1, 0.15) is 5.75 Å². The molecule has 100 valence electrons. The lowest BCUT2D eigenvalue weighted by Crippen LogP contribution is -2.19. The highest BCUT2D eigenvalue weighted by Crippen LogP contribution is 2.50. The molecule has 0 radical (unpaired) electrons. The molecule has 0 aromatic heterocycles. The van der Waals surface area contributed by atoms with Crippen LogP contribution in [0.25, 0.3) is 0 Å². The molecule has 4 heteroatoms. The van der Waals surface area contributed by atoms with E-state index in [-0.39, 0.29) is 5.54 Å². The van der Waals surface area contributed by atoms with Crippen LogP contribution in [-0.4, -0.2) is 12.7 Å². The van der Waals surface area contributed by atoms with Gasteiger partial charge in [0.2, 0.25) is 6.08 Å². The summed E-state index contributed by atoms with van der Waals surface area (Å²) < 4.78 is 6.84. The molecule has 3 nitrogen and oxygen atoms in total. The summed E-state index contributed by atoms with van der Waals surface area (Å²) >= 11 is 3.50. The lowest BCUT2D eigenvalue weighted by atomic mass is 9.86. The number of hydrogen-bond acceptors (Lipinski definition) is 3. The predicted octanol–water partition coefficient (Wildman–Crippen LogP) is 3.95. The molecule has 0 saturated heterocycles. The molecule has 19 heavy (non-hydrogen) atoms. The number of halogens is 1. The highest BCUT2D eigenvalue weighted by Gasteiger charge is 2.45. The zero-order valence-electron chi connectivity index (χ0n) is 10.7. The van der Waals surface area contributed by atoms with Crippen molar-refractivity contribution in [3.63, 3.8) is 0 Å². The molecule has 2 aliphatic carbocycles. The van der Waals surface area contributed by atoms with E-state index in [0.29, 0.717) is 5.92 Å². The summed E-state index contributed by atoms with van der Waals surface area (Å²) in [5.41, 5.74) is 0.717. The van der Waals surface area contributed by atoms with Gasteiger partial charge in [0, 0.05) is 4.47 Å². The topological polar surface area (TPSA) is 38.7 Å². The fraction of sp³-hybridized carbons (Fsp3) is 0.533. The van der Waals surface area contributed by atoms with Gasteiger partial charge in [-0.1, -0.05) is 22.4 Å². The van der Waals surface area contributed by atoms with Crippen molar-refractivity contribution in [2.75, 3.05) is 6.61 Å². The quantitative estimate of drug-likeness (QED) is 0.608. The molecule has 0 unspecified atom stereocenters. The van der Waals surface area contributed by atoms with Crippen molar-refractivity contribution in [2.24, 2.45) is 10.9 Å². The van der Waals surface area contributed by atoms with E-state index in [0.717, 1.165) is 35.2 Å². The van der Waals surface area contributed by atoms with Crippen molar-refractivity contribution in [3.8, 4) is 5.75 Å². The molecule has 0 atom stereocenters. The number of isocyanates is 1. The second kappa shape index (κ2) is 5.10. The van der Waals surface area contributed by atoms with E-state index in [9.17, 15) is 4.79 Å². The first-order valence-electron chi connectivity index (χ1n) is 6.75. The summed E-state index contributed by atoms with van der Waals surface area (Å²) in [6.07, 6.45) is 7.41. The highest BCUT2D eigenvalue weighted by molar-refractivity contribution is 9.10. The molecule has 0 N–H and O–H groups in total. The molecular formula is C15H16BrNO2. The van der Waals surface area contributed by atoms with Gasteiger partial charge in [0.05, 0.1) is 12.1 Å². The maximum atomic E-state index is 10.5. The molecule has 2 saturated carbocycles. The zero-order chi connectivity index (χ0) is 13.3. The van der Waals surface area contributed by atoms with Gasteiger partial charge in [-0.2, -0.15) is 4.99 Å². The fourth-order valence-corrected chi connectivity index (χ4v) is 2.93. The minimum absolute atomic E-state index is 0.333. The van der Waals surface area contributed by atoms with Crippen LogP contribution < -0.4 is 4.74 Å². The van der Waals surface area contributed by atoms with E-state index in [2.05, 4.69) is 20.9 Å². The Kier molecular flexibility index (Phi) is 3.46. The summed E-state index contributed by atoms with van der Waals surface area (Å²) in [5.74, 6) is 1.58. The van der Waals surface area contributed by atoms with Crippen molar-refractivity contribution in [1.82, 2.24) is 0 Å². The highest BCUT2D eigenvalue weighted by atomic mass is 79.9. The normalized spacial score (nSPS) is 20.3. The Morgan fingerprint density at radius 3 is 2.74 bits per heavy atom. The van der Waals surface area contributed by atoms with Crippen molar-refractivity contribution in [1.29, 1.82) is 0 Å². The van der Waals surface area contributed by atoms with E-state index >= 15 is 0 Å². The number of rotatable bonds is 5. The second-order valence-corrected chi connectivity index (χ2v) is 6.43. The Labute approximate surface area is 121 Å². The van der Waals surface area contributed by atoms with Crippen LogP contribution in [0.1, 0.15) is 37.7 Å². The molecule has 1 aromatic rings. The first-order chi connectivity index (χ1) is 9.22. The average Bonchev–Trinajstić information content (AvgIpc) is 3.08. The van der Waals surface area contributed by atoms with Gasteiger partial charge in [0.25, 0.3) is 0 Å². The molecule has 0 aliphatic heterocycles. The van der Waals surface area contributed by atoms with Crippen LogP contribution in [0.3, 0.4) is 0 Å². The number of carbonyl (C=O) groups excluding carboxylic acids is 1. The summed E-state index contributed by atoms with van der Waals surface area (Å²) in [6.45, 7) is 0.792. The SMILES string of the molecule is O=C=NC1(c2cc(Br)cc(OCC3CCC3)c2)CC1. The molecule has 2 fully saturated rings. The van der Waals surface area contributed by atoms with Crippen LogP contribution >= 0.6 is 15.9 Å². The van der Waals surface area contributed by atoms with Crippen LogP contribution in [0.15, 0.2) is 27.7 Å². The first-order valence-corrected chi connectivity index (χ1v) is 7.54. The Hall–Kier alpha value is -1.12. The molecule has 2 aliphatic rings. The summed E-state index contributed by atoms with van der Waals surface area (Å²) in [5, 5.41) is 0. The van der Waals surface area contributed by atoms with E-state index in [1.54, 1.807) is 6.08 Å². The van der Waals surface area contributed by atoms with Gasteiger partial charge in [-0.05, 0) is 55.4 Å². The number of aliphatic imine (C=N–C) groups is 1. The largest absolute Gasteiger partial charge is 0.493 e. The summed E-state index contributed by atoms with van der Waals surface area (Å²) in [7, 11) is 0. The lowest BCUT2D eigenvalue weighted by Gasteiger charge is -2.25. The Morgan fingerprint density at radius 1 is 1.37 bits per heavy atom. The standard InChI is InChI=1S/C15H16BrNO2/c16-13-6-12(15(4-5-15)17-10-18)7-14(8-13)19-9-11-2-1-3-11/h6-8,11H,1-5,9H2. The number of nitrogens with zero attached hydrogens (tertiary/aromatic N) is 1. The number of ether oxygens (including phenoxy) is 1. The minimum Gasteiger partial charge on any atom is -0.493 e. The van der Waals surface area contributed by atoms with Crippen LogP contribution in [0.2, 0.25) is 0 Å². The van der Waals surface area contributed by atoms with Crippen LogP contribution in [0.5, 0.6) is 5.75 Å². The van der Waals surface area contributed by atoms with Crippen molar-refractivity contribution in [3.05, 3.63) is 28.2 Å². The van der Waals surface area contributed by atoms with Gasteiger partial charge in [-0.25, -0.2) is 4.79 Å². The third-order valence-corrected chi connectivity index (χ3v) is 4.56. The van der Waals surface area contributed by atoms with E-state index in [1.165, 1.54) is 19.3 Å². The number of benzene rings is 1. The molecule has 0 heterocycles. The number of hydrogen-bond donors (Lipinski definition) is 0. The maximum Gasteiger partial charge on any atom is 0.235 e. The Balaban J connectivity index is 1.77. The molecular weight excluding hydrogens is 306 g/mol. The molecule has 0 amide bonds. The van der Waals surface area contributed by atoms with Crippen molar-refractivity contribution in [2.45, 2.75) is 37.6 Å². The Morgan fingerprint density at radius 2 is 2.16 bits per heavy atom.